The van der Waals surface area contributed by atoms with Gasteiger partial charge in [-0.3, -0.25) is 14.1 Å². The van der Waals surface area contributed by atoms with E-state index in [0.29, 0.717) is 23.1 Å². The minimum atomic E-state index is -2.87. The normalized spacial score (nSPS) is 16.8. The maximum Gasteiger partial charge on any atom is 0.387 e. The Morgan fingerprint density at radius 3 is 2.51 bits per heavy atom. The predicted octanol–water partition coefficient (Wildman–Crippen LogP) is 4.56. The average Bonchev–Trinajstić information content (AvgIpc) is 3.43. The van der Waals surface area contributed by atoms with Gasteiger partial charge in [-0.15, -0.1) is 0 Å². The van der Waals surface area contributed by atoms with Gasteiger partial charge in [0.1, 0.15) is 5.75 Å². The highest BCUT2D eigenvalue weighted by Crippen LogP contribution is 2.28. The van der Waals surface area contributed by atoms with Crippen molar-refractivity contribution >= 4 is 23.1 Å². The molecular weight excluding hydrogens is 528 g/mol. The molecule has 0 unspecified atom stereocenters. The first-order valence-corrected chi connectivity index (χ1v) is 14.0. The Balaban J connectivity index is 1.14. The number of alkyl halides is 2. The second-order valence-corrected chi connectivity index (χ2v) is 10.5. The van der Waals surface area contributed by atoms with Gasteiger partial charge < -0.3 is 20.3 Å². The lowest BCUT2D eigenvalue weighted by Gasteiger charge is -2.40. The highest BCUT2D eigenvalue weighted by Gasteiger charge is 2.28. The molecule has 6 rings (SSSR count). The number of fused-ring (bicyclic) bond motifs is 1. The summed E-state index contributed by atoms with van der Waals surface area (Å²) in [7, 11) is 0. The van der Waals surface area contributed by atoms with E-state index in [4.69, 9.17) is 0 Å². The van der Waals surface area contributed by atoms with Gasteiger partial charge in [-0.2, -0.15) is 8.78 Å². The largest absolute Gasteiger partial charge is 0.435 e. The van der Waals surface area contributed by atoms with Gasteiger partial charge in [0.05, 0.1) is 11.9 Å². The summed E-state index contributed by atoms with van der Waals surface area (Å²) in [5.74, 6) is 0.736. The number of imidazole rings is 1. The van der Waals surface area contributed by atoms with Crippen molar-refractivity contribution in [3.8, 4) is 17.0 Å². The van der Waals surface area contributed by atoms with E-state index in [-0.39, 0.29) is 11.7 Å². The fourth-order valence-corrected chi connectivity index (χ4v) is 5.80. The molecule has 2 N–H and O–H groups in total. The molecule has 2 aromatic heterocycles. The Bertz CT molecular complexity index is 1510. The van der Waals surface area contributed by atoms with E-state index < -0.39 is 6.61 Å². The van der Waals surface area contributed by atoms with Crippen LogP contribution in [-0.4, -0.2) is 82.0 Å². The Morgan fingerprint density at radius 1 is 1.05 bits per heavy atom. The van der Waals surface area contributed by atoms with E-state index in [1.807, 2.05) is 34.4 Å². The number of ether oxygens (including phenoxy) is 1. The van der Waals surface area contributed by atoms with Crippen LogP contribution in [0.15, 0.2) is 61.1 Å². The van der Waals surface area contributed by atoms with Crippen LogP contribution in [0.2, 0.25) is 0 Å². The summed E-state index contributed by atoms with van der Waals surface area (Å²) < 4.78 is 31.3. The summed E-state index contributed by atoms with van der Waals surface area (Å²) in [5.41, 5.74) is 4.60. The number of hydrogen-bond acceptors (Lipinski definition) is 7. The highest BCUT2D eigenvalue weighted by atomic mass is 19.3. The van der Waals surface area contributed by atoms with Gasteiger partial charge in [-0.25, -0.2) is 9.97 Å². The number of rotatable bonds is 7. The minimum Gasteiger partial charge on any atom is -0.435 e. The molecule has 2 fully saturated rings. The van der Waals surface area contributed by atoms with Crippen molar-refractivity contribution in [1.29, 1.82) is 0 Å². The first kappa shape index (κ1) is 27.1. The number of halogens is 2. The summed E-state index contributed by atoms with van der Waals surface area (Å²) >= 11 is 0. The van der Waals surface area contributed by atoms with Crippen molar-refractivity contribution < 1.29 is 18.3 Å². The lowest BCUT2D eigenvalue weighted by molar-refractivity contribution is -0.0498. The van der Waals surface area contributed by atoms with E-state index in [1.165, 1.54) is 12.1 Å². The van der Waals surface area contributed by atoms with Crippen molar-refractivity contribution in [2.45, 2.75) is 32.4 Å². The predicted molar refractivity (Wildman–Crippen MR) is 153 cm³/mol. The maximum absolute atomic E-state index is 13.4. The molecule has 2 aliphatic heterocycles. The van der Waals surface area contributed by atoms with Crippen LogP contribution in [0.1, 0.15) is 28.8 Å². The van der Waals surface area contributed by atoms with Gasteiger partial charge >= 0.3 is 6.61 Å². The van der Waals surface area contributed by atoms with E-state index in [1.54, 1.807) is 30.7 Å². The lowest BCUT2D eigenvalue weighted by atomic mass is 10.00. The summed E-state index contributed by atoms with van der Waals surface area (Å²) in [6.45, 7) is 4.90. The number of likely N-dealkylation sites (tertiary alicyclic amines) is 1. The van der Waals surface area contributed by atoms with Crippen LogP contribution in [0, 0.1) is 6.92 Å². The Morgan fingerprint density at radius 2 is 1.80 bits per heavy atom. The molecule has 0 atom stereocenters. The third-order valence-electron chi connectivity index (χ3n) is 7.94. The first-order chi connectivity index (χ1) is 20.0. The Hall–Kier alpha value is -4.09. The standard InChI is InChI=1S/C30H33F2N7O2/c1-20-18-22(4-7-25(20)29(40)38-13-8-23(9-14-38)37-15-10-33-11-16-37)36-27-28-35-19-26(39(28)17-12-34-27)21-2-5-24(6-3-21)41-30(31)32/h2-7,12,17-19,23,30,33H,8-11,13-16H2,1H3,(H,34,36). The van der Waals surface area contributed by atoms with Crippen molar-refractivity contribution in [3.05, 3.63) is 72.2 Å². The molecule has 2 aromatic carbocycles. The molecule has 4 aromatic rings. The molecule has 2 aliphatic rings. The van der Waals surface area contributed by atoms with E-state index >= 15 is 0 Å². The molecule has 11 heteroatoms. The number of aromatic nitrogens is 3. The van der Waals surface area contributed by atoms with Gasteiger partial charge in [-0.1, -0.05) is 0 Å². The molecule has 0 bridgehead atoms. The molecule has 0 radical (unpaired) electrons. The summed E-state index contributed by atoms with van der Waals surface area (Å²) in [5, 5.41) is 6.75. The quantitative estimate of drug-likeness (QED) is 0.342. The number of amides is 1. The monoisotopic (exact) mass is 561 g/mol. The molecule has 9 nitrogen and oxygen atoms in total. The van der Waals surface area contributed by atoms with Crippen molar-refractivity contribution in [1.82, 2.24) is 29.5 Å². The molecule has 2 saturated heterocycles. The van der Waals surface area contributed by atoms with Gasteiger partial charge in [0, 0.05) is 74.5 Å². The molecule has 0 spiro atoms. The Kier molecular flexibility index (Phi) is 7.80. The molecular formula is C30H33F2N7O2. The molecule has 41 heavy (non-hydrogen) atoms. The zero-order valence-electron chi connectivity index (χ0n) is 22.9. The molecule has 214 valence electrons. The van der Waals surface area contributed by atoms with Crippen LogP contribution in [0.25, 0.3) is 16.9 Å². The van der Waals surface area contributed by atoms with Gasteiger partial charge in [0.2, 0.25) is 0 Å². The van der Waals surface area contributed by atoms with Crippen LogP contribution in [0.3, 0.4) is 0 Å². The summed E-state index contributed by atoms with van der Waals surface area (Å²) in [6.07, 6.45) is 7.21. The maximum atomic E-state index is 13.4. The number of benzene rings is 2. The highest BCUT2D eigenvalue weighted by molar-refractivity contribution is 5.96. The number of anilines is 2. The number of carbonyl (C=O) groups excluding carboxylic acids is 1. The van der Waals surface area contributed by atoms with Crippen LogP contribution < -0.4 is 15.4 Å². The SMILES string of the molecule is Cc1cc(Nc2nccn3c(-c4ccc(OC(F)F)cc4)cnc23)ccc1C(=O)N1CCC(N2CCNCC2)CC1. The van der Waals surface area contributed by atoms with Crippen molar-refractivity contribution in [2.24, 2.45) is 0 Å². The fraction of sp³-hybridized carbons (Fsp3) is 0.367. The lowest BCUT2D eigenvalue weighted by Crippen LogP contribution is -2.52. The van der Waals surface area contributed by atoms with Gasteiger partial charge in [0.25, 0.3) is 5.91 Å². The number of aryl methyl sites for hydroxylation is 1. The topological polar surface area (TPSA) is 87.0 Å². The second kappa shape index (κ2) is 11.8. The minimum absolute atomic E-state index is 0.0795. The zero-order valence-corrected chi connectivity index (χ0v) is 22.9. The molecule has 4 heterocycles. The Labute approximate surface area is 237 Å². The average molecular weight is 562 g/mol. The fourth-order valence-electron chi connectivity index (χ4n) is 5.80. The summed E-state index contributed by atoms with van der Waals surface area (Å²) in [4.78, 5) is 26.9. The van der Waals surface area contributed by atoms with Crippen molar-refractivity contribution in [3.63, 3.8) is 0 Å². The third kappa shape index (κ3) is 5.86. The molecule has 0 aliphatic carbocycles. The van der Waals surface area contributed by atoms with Crippen LogP contribution in [-0.2, 0) is 0 Å². The smallest absolute Gasteiger partial charge is 0.387 e. The van der Waals surface area contributed by atoms with Gasteiger partial charge in [-0.05, 0) is 67.8 Å². The molecule has 1 amide bonds. The van der Waals surface area contributed by atoms with Crippen LogP contribution in [0.4, 0.5) is 20.3 Å². The van der Waals surface area contributed by atoms with E-state index in [0.717, 1.165) is 74.6 Å². The van der Waals surface area contributed by atoms with Crippen molar-refractivity contribution in [2.75, 3.05) is 44.6 Å². The number of piperidine rings is 1. The number of nitrogens with one attached hydrogen (secondary N) is 2. The van der Waals surface area contributed by atoms with Gasteiger partial charge in [0.15, 0.2) is 11.5 Å². The number of carbonyl (C=O) groups is 1. The van der Waals surface area contributed by atoms with E-state index in [9.17, 15) is 13.6 Å². The third-order valence-corrected chi connectivity index (χ3v) is 7.94. The number of nitrogens with zero attached hydrogens (tertiary/aromatic N) is 5. The zero-order chi connectivity index (χ0) is 28.3. The van der Waals surface area contributed by atoms with E-state index in [2.05, 4.69) is 30.2 Å². The van der Waals surface area contributed by atoms with Crippen LogP contribution >= 0.6 is 0 Å². The first-order valence-electron chi connectivity index (χ1n) is 14.0. The second-order valence-electron chi connectivity index (χ2n) is 10.5. The summed E-state index contributed by atoms with van der Waals surface area (Å²) in [6, 6.07) is 12.7. The number of hydrogen-bond donors (Lipinski definition) is 2. The molecule has 0 saturated carbocycles. The number of piperazine rings is 1. The van der Waals surface area contributed by atoms with Crippen LogP contribution in [0.5, 0.6) is 5.75 Å².